The van der Waals surface area contributed by atoms with Crippen LogP contribution in [0.25, 0.3) is 10.8 Å². The highest BCUT2D eigenvalue weighted by molar-refractivity contribution is 7.86. The Labute approximate surface area is 153 Å². The summed E-state index contributed by atoms with van der Waals surface area (Å²) in [4.78, 5) is 0.0807. The van der Waals surface area contributed by atoms with Crippen molar-refractivity contribution in [3.8, 4) is 5.75 Å². The Morgan fingerprint density at radius 1 is 0.962 bits per heavy atom. The van der Waals surface area contributed by atoms with Crippen molar-refractivity contribution >= 4 is 26.6 Å². The number of oxime groups is 1. The summed E-state index contributed by atoms with van der Waals surface area (Å²) in [5.74, 6) is 0.762. The molecule has 0 bridgehead atoms. The van der Waals surface area contributed by atoms with Crippen LogP contribution in [0.15, 0.2) is 76.8 Å². The fraction of sp³-hybridized carbons (Fsp3) is 0.150. The lowest BCUT2D eigenvalue weighted by atomic mass is 10.1. The second kappa shape index (κ2) is 7.58. The van der Waals surface area contributed by atoms with Gasteiger partial charge < -0.3 is 4.74 Å². The Morgan fingerprint density at radius 2 is 1.65 bits per heavy atom. The van der Waals surface area contributed by atoms with Crippen LogP contribution in [0.1, 0.15) is 12.5 Å². The van der Waals surface area contributed by atoms with Gasteiger partial charge in [-0.15, -0.1) is 0 Å². The molecule has 0 heterocycles. The maximum absolute atomic E-state index is 12.4. The van der Waals surface area contributed by atoms with E-state index in [0.717, 1.165) is 22.1 Å². The Kier molecular flexibility index (Phi) is 5.23. The van der Waals surface area contributed by atoms with Crippen molar-refractivity contribution in [1.82, 2.24) is 0 Å². The van der Waals surface area contributed by atoms with Crippen LogP contribution in [-0.2, 0) is 20.8 Å². The molecule has 0 atom stereocenters. The molecule has 0 unspecified atom stereocenters. The van der Waals surface area contributed by atoms with E-state index in [4.69, 9.17) is 9.02 Å². The molecule has 0 amide bonds. The van der Waals surface area contributed by atoms with E-state index in [1.165, 1.54) is 6.07 Å². The van der Waals surface area contributed by atoms with E-state index in [1.807, 2.05) is 48.5 Å². The van der Waals surface area contributed by atoms with E-state index >= 15 is 0 Å². The Hall–Kier alpha value is -2.86. The Morgan fingerprint density at radius 3 is 2.35 bits per heavy atom. The summed E-state index contributed by atoms with van der Waals surface area (Å²) in [5, 5.41) is 5.58. The number of hydrogen-bond acceptors (Lipinski definition) is 5. The largest absolute Gasteiger partial charge is 0.497 e. The van der Waals surface area contributed by atoms with Gasteiger partial charge in [-0.3, -0.25) is 4.28 Å². The van der Waals surface area contributed by atoms with E-state index in [1.54, 1.807) is 26.2 Å². The number of ether oxygens (including phenoxy) is 1. The molecular weight excluding hydrogens is 350 g/mol. The molecule has 0 fully saturated rings. The van der Waals surface area contributed by atoms with Crippen LogP contribution in [0, 0.1) is 0 Å². The monoisotopic (exact) mass is 369 g/mol. The van der Waals surface area contributed by atoms with Gasteiger partial charge in [0.15, 0.2) is 0 Å². The molecule has 3 rings (SSSR count). The second-order valence-electron chi connectivity index (χ2n) is 5.89. The molecule has 26 heavy (non-hydrogen) atoms. The lowest BCUT2D eigenvalue weighted by Gasteiger charge is -2.06. The van der Waals surface area contributed by atoms with Gasteiger partial charge >= 0.3 is 10.1 Å². The van der Waals surface area contributed by atoms with E-state index in [2.05, 4.69) is 5.16 Å². The smallest absolute Gasteiger partial charge is 0.358 e. The first kappa shape index (κ1) is 17.9. The van der Waals surface area contributed by atoms with Gasteiger partial charge in [-0.1, -0.05) is 47.6 Å². The van der Waals surface area contributed by atoms with Gasteiger partial charge in [0.1, 0.15) is 10.6 Å². The Bertz CT molecular complexity index is 1040. The first-order chi connectivity index (χ1) is 12.5. The molecule has 3 aromatic rings. The fourth-order valence-electron chi connectivity index (χ4n) is 2.55. The summed E-state index contributed by atoms with van der Waals surface area (Å²) < 4.78 is 34.7. The second-order valence-corrected chi connectivity index (χ2v) is 7.42. The minimum atomic E-state index is -3.96. The molecule has 0 aromatic heterocycles. The van der Waals surface area contributed by atoms with Crippen LogP contribution in [0.5, 0.6) is 5.75 Å². The van der Waals surface area contributed by atoms with Crippen molar-refractivity contribution in [2.45, 2.75) is 18.2 Å². The normalized spacial score (nSPS) is 12.2. The summed E-state index contributed by atoms with van der Waals surface area (Å²) >= 11 is 0. The molecule has 0 aliphatic rings. The topological polar surface area (TPSA) is 65.0 Å². The van der Waals surface area contributed by atoms with Crippen LogP contribution >= 0.6 is 0 Å². The van der Waals surface area contributed by atoms with Crippen molar-refractivity contribution in [2.75, 3.05) is 7.11 Å². The molecule has 0 spiro atoms. The predicted molar refractivity (Wildman–Crippen MR) is 102 cm³/mol. The highest BCUT2D eigenvalue weighted by Gasteiger charge is 2.16. The van der Waals surface area contributed by atoms with Crippen LogP contribution in [-0.4, -0.2) is 21.2 Å². The standard InChI is InChI=1S/C20H19NO4S/c1-15(13-16-7-10-19(24-2)11-8-16)21-25-26(22,23)20-12-9-17-5-3-4-6-18(17)14-20/h3-12,14H,13H2,1-2H3/b21-15+. The number of nitrogens with zero attached hydrogens (tertiary/aromatic N) is 1. The van der Waals surface area contributed by atoms with E-state index in [9.17, 15) is 8.42 Å². The number of rotatable bonds is 6. The minimum Gasteiger partial charge on any atom is -0.497 e. The number of hydrogen-bond donors (Lipinski definition) is 0. The van der Waals surface area contributed by atoms with Crippen molar-refractivity contribution in [2.24, 2.45) is 5.16 Å². The van der Waals surface area contributed by atoms with Gasteiger partial charge in [-0.25, -0.2) is 0 Å². The van der Waals surface area contributed by atoms with E-state index in [0.29, 0.717) is 12.1 Å². The van der Waals surface area contributed by atoms with Crippen molar-refractivity contribution in [3.05, 3.63) is 72.3 Å². The summed E-state index contributed by atoms with van der Waals surface area (Å²) in [6.07, 6.45) is 0.483. The van der Waals surface area contributed by atoms with Gasteiger partial charge in [0.25, 0.3) is 0 Å². The van der Waals surface area contributed by atoms with Gasteiger partial charge in [0.2, 0.25) is 0 Å². The zero-order valence-electron chi connectivity index (χ0n) is 14.5. The van der Waals surface area contributed by atoms with Crippen LogP contribution in [0.2, 0.25) is 0 Å². The summed E-state index contributed by atoms with van der Waals surface area (Å²) in [6.45, 7) is 1.72. The minimum absolute atomic E-state index is 0.0807. The van der Waals surface area contributed by atoms with E-state index in [-0.39, 0.29) is 4.90 Å². The van der Waals surface area contributed by atoms with Gasteiger partial charge in [-0.05, 0) is 47.5 Å². The zero-order valence-corrected chi connectivity index (χ0v) is 15.4. The SMILES string of the molecule is COc1ccc(C/C(C)=N/OS(=O)(=O)c2ccc3ccccc3c2)cc1. The molecule has 5 nitrogen and oxygen atoms in total. The molecule has 6 heteroatoms. The lowest BCUT2D eigenvalue weighted by Crippen LogP contribution is -2.06. The summed E-state index contributed by atoms with van der Waals surface area (Å²) in [5.41, 5.74) is 1.54. The van der Waals surface area contributed by atoms with Crippen molar-refractivity contribution in [3.63, 3.8) is 0 Å². The third-order valence-electron chi connectivity index (χ3n) is 3.92. The average molecular weight is 369 g/mol. The molecule has 0 saturated heterocycles. The van der Waals surface area contributed by atoms with Crippen molar-refractivity contribution < 1.29 is 17.4 Å². The van der Waals surface area contributed by atoms with Gasteiger partial charge in [-0.2, -0.15) is 8.42 Å². The van der Waals surface area contributed by atoms with Gasteiger partial charge in [0.05, 0.1) is 12.8 Å². The maximum atomic E-state index is 12.4. The molecule has 0 N–H and O–H groups in total. The number of methoxy groups -OCH3 is 1. The van der Waals surface area contributed by atoms with Crippen LogP contribution in [0.3, 0.4) is 0 Å². The molecule has 134 valence electrons. The number of fused-ring (bicyclic) bond motifs is 1. The van der Waals surface area contributed by atoms with Gasteiger partial charge in [0, 0.05) is 6.42 Å². The third kappa shape index (κ3) is 4.21. The summed E-state index contributed by atoms with van der Waals surface area (Å²) in [6, 6.07) is 19.9. The first-order valence-corrected chi connectivity index (χ1v) is 9.47. The van der Waals surface area contributed by atoms with E-state index < -0.39 is 10.1 Å². The third-order valence-corrected chi connectivity index (χ3v) is 5.02. The molecule has 0 saturated carbocycles. The number of benzene rings is 3. The highest BCUT2D eigenvalue weighted by atomic mass is 32.2. The molecule has 0 radical (unpaired) electrons. The summed E-state index contributed by atoms with van der Waals surface area (Å²) in [7, 11) is -2.35. The quantitative estimate of drug-likeness (QED) is 0.483. The molecular formula is C20H19NO4S. The maximum Gasteiger partial charge on any atom is 0.358 e. The van der Waals surface area contributed by atoms with Crippen molar-refractivity contribution in [1.29, 1.82) is 0 Å². The predicted octanol–water partition coefficient (Wildman–Crippen LogP) is 4.17. The average Bonchev–Trinajstić information content (AvgIpc) is 2.67. The molecule has 0 aliphatic heterocycles. The molecule has 0 aliphatic carbocycles. The fourth-order valence-corrected chi connectivity index (χ4v) is 3.37. The lowest BCUT2D eigenvalue weighted by molar-refractivity contribution is 0.337. The zero-order chi connectivity index (χ0) is 18.6. The van der Waals surface area contributed by atoms with Crippen LogP contribution < -0.4 is 4.74 Å². The Balaban J connectivity index is 1.73. The van der Waals surface area contributed by atoms with Crippen LogP contribution in [0.4, 0.5) is 0 Å². The molecule has 3 aromatic carbocycles. The highest BCUT2D eigenvalue weighted by Crippen LogP contribution is 2.20. The first-order valence-electron chi connectivity index (χ1n) is 8.07.